The molecule has 1 aliphatic rings. The van der Waals surface area contributed by atoms with E-state index in [9.17, 15) is 9.18 Å². The Hall–Kier alpha value is -3.00. The second kappa shape index (κ2) is 8.57. The standard InChI is InChI=1S/C21H24FN5O2/c1-26-11-9-23-20(26)19-17(15-5-7-16(22)8-6-15)14-27(25-19)12-10-24-21(28)18-4-2-3-13-29-18/h5-9,11,14,18H,2-4,10,12-13H2,1H3,(H,24,28)/t18-/m1/s1. The molecule has 1 aliphatic heterocycles. The van der Waals surface area contributed by atoms with E-state index in [0.717, 1.165) is 36.2 Å². The number of halogens is 1. The minimum atomic E-state index is -0.348. The first-order valence-corrected chi connectivity index (χ1v) is 9.82. The summed E-state index contributed by atoms with van der Waals surface area (Å²) in [5, 5.41) is 7.61. The van der Waals surface area contributed by atoms with Gasteiger partial charge in [0.2, 0.25) is 5.91 Å². The molecule has 152 valence electrons. The number of nitrogens with one attached hydrogen (secondary N) is 1. The van der Waals surface area contributed by atoms with Gasteiger partial charge in [-0.15, -0.1) is 0 Å². The monoisotopic (exact) mass is 397 g/mol. The lowest BCUT2D eigenvalue weighted by molar-refractivity contribution is -0.135. The number of amides is 1. The van der Waals surface area contributed by atoms with Crippen molar-refractivity contribution < 1.29 is 13.9 Å². The smallest absolute Gasteiger partial charge is 0.249 e. The van der Waals surface area contributed by atoms with E-state index < -0.39 is 0 Å². The van der Waals surface area contributed by atoms with Crippen LogP contribution in [-0.4, -0.2) is 44.5 Å². The van der Waals surface area contributed by atoms with Crippen molar-refractivity contribution in [2.45, 2.75) is 31.9 Å². The molecular weight excluding hydrogens is 373 g/mol. The van der Waals surface area contributed by atoms with Gasteiger partial charge >= 0.3 is 0 Å². The van der Waals surface area contributed by atoms with Gasteiger partial charge < -0.3 is 14.6 Å². The molecule has 1 fully saturated rings. The van der Waals surface area contributed by atoms with Crippen molar-refractivity contribution in [3.63, 3.8) is 0 Å². The third-order valence-corrected chi connectivity index (χ3v) is 5.06. The molecule has 0 saturated carbocycles. The van der Waals surface area contributed by atoms with E-state index in [0.29, 0.717) is 25.4 Å². The molecule has 4 rings (SSSR count). The van der Waals surface area contributed by atoms with E-state index in [2.05, 4.69) is 15.4 Å². The minimum Gasteiger partial charge on any atom is -0.368 e. The van der Waals surface area contributed by atoms with Gasteiger partial charge in [0.1, 0.15) is 17.6 Å². The highest BCUT2D eigenvalue weighted by atomic mass is 19.1. The van der Waals surface area contributed by atoms with E-state index in [4.69, 9.17) is 4.74 Å². The van der Waals surface area contributed by atoms with Crippen LogP contribution in [0.15, 0.2) is 42.9 Å². The molecule has 0 radical (unpaired) electrons. The molecule has 1 aromatic carbocycles. The zero-order valence-electron chi connectivity index (χ0n) is 16.3. The molecule has 29 heavy (non-hydrogen) atoms. The summed E-state index contributed by atoms with van der Waals surface area (Å²) in [6.07, 6.45) is 7.93. The molecule has 1 amide bonds. The van der Waals surface area contributed by atoms with Crippen molar-refractivity contribution in [2.75, 3.05) is 13.2 Å². The fourth-order valence-electron chi connectivity index (χ4n) is 3.49. The zero-order chi connectivity index (χ0) is 20.2. The Kier molecular flexibility index (Phi) is 5.71. The van der Waals surface area contributed by atoms with Gasteiger partial charge in [0.15, 0.2) is 5.82 Å². The van der Waals surface area contributed by atoms with E-state index in [1.165, 1.54) is 12.1 Å². The van der Waals surface area contributed by atoms with Gasteiger partial charge in [-0.3, -0.25) is 9.48 Å². The molecule has 2 aromatic heterocycles. The molecule has 7 nitrogen and oxygen atoms in total. The van der Waals surface area contributed by atoms with Crippen molar-refractivity contribution in [1.82, 2.24) is 24.6 Å². The largest absolute Gasteiger partial charge is 0.368 e. The van der Waals surface area contributed by atoms with Crippen LogP contribution in [-0.2, 0) is 23.1 Å². The molecule has 1 N–H and O–H groups in total. The molecule has 3 aromatic rings. The van der Waals surface area contributed by atoms with Crippen LogP contribution in [0.4, 0.5) is 4.39 Å². The fraction of sp³-hybridized carbons (Fsp3) is 0.381. The maximum Gasteiger partial charge on any atom is 0.249 e. The van der Waals surface area contributed by atoms with Gasteiger partial charge in [0.25, 0.3) is 0 Å². The van der Waals surface area contributed by atoms with Gasteiger partial charge in [-0.1, -0.05) is 12.1 Å². The van der Waals surface area contributed by atoms with Crippen LogP contribution in [0.1, 0.15) is 19.3 Å². The lowest BCUT2D eigenvalue weighted by atomic mass is 10.1. The summed E-state index contributed by atoms with van der Waals surface area (Å²) in [7, 11) is 1.90. The van der Waals surface area contributed by atoms with Crippen LogP contribution < -0.4 is 5.32 Å². The molecule has 1 saturated heterocycles. The number of nitrogens with zero attached hydrogens (tertiary/aromatic N) is 4. The Morgan fingerprint density at radius 3 is 2.83 bits per heavy atom. The topological polar surface area (TPSA) is 74.0 Å². The third-order valence-electron chi connectivity index (χ3n) is 5.06. The number of carbonyl (C=O) groups is 1. The van der Waals surface area contributed by atoms with Crippen LogP contribution in [0.2, 0.25) is 0 Å². The summed E-state index contributed by atoms with van der Waals surface area (Å²) in [6.45, 7) is 1.60. The summed E-state index contributed by atoms with van der Waals surface area (Å²) in [6, 6.07) is 6.31. The lowest BCUT2D eigenvalue weighted by Gasteiger charge is -2.21. The van der Waals surface area contributed by atoms with Gasteiger partial charge in [-0.25, -0.2) is 9.37 Å². The normalized spacial score (nSPS) is 16.7. The Labute approximate surface area is 168 Å². The average Bonchev–Trinajstić information content (AvgIpc) is 3.35. The highest BCUT2D eigenvalue weighted by molar-refractivity contribution is 5.80. The van der Waals surface area contributed by atoms with Crippen molar-refractivity contribution in [3.8, 4) is 22.6 Å². The second-order valence-corrected chi connectivity index (χ2v) is 7.17. The first-order chi connectivity index (χ1) is 14.1. The van der Waals surface area contributed by atoms with E-state index in [1.54, 1.807) is 23.0 Å². The minimum absolute atomic E-state index is 0.0695. The number of hydrogen-bond acceptors (Lipinski definition) is 4. The van der Waals surface area contributed by atoms with Crippen LogP contribution in [0.3, 0.4) is 0 Å². The Bertz CT molecular complexity index is 973. The maximum atomic E-state index is 13.4. The molecule has 0 spiro atoms. The van der Waals surface area contributed by atoms with Crippen molar-refractivity contribution in [1.29, 1.82) is 0 Å². The number of carbonyl (C=O) groups excluding carboxylic acids is 1. The number of benzene rings is 1. The first-order valence-electron chi connectivity index (χ1n) is 9.82. The van der Waals surface area contributed by atoms with Gasteiger partial charge in [-0.2, -0.15) is 5.10 Å². The third kappa shape index (κ3) is 4.37. The van der Waals surface area contributed by atoms with Crippen LogP contribution in [0.25, 0.3) is 22.6 Å². The van der Waals surface area contributed by atoms with E-state index in [-0.39, 0.29) is 17.8 Å². The molecule has 3 heterocycles. The lowest BCUT2D eigenvalue weighted by Crippen LogP contribution is -2.39. The molecule has 0 unspecified atom stereocenters. The Morgan fingerprint density at radius 1 is 1.31 bits per heavy atom. The number of hydrogen-bond donors (Lipinski definition) is 1. The highest BCUT2D eigenvalue weighted by Crippen LogP contribution is 2.30. The number of aromatic nitrogens is 4. The first kappa shape index (κ1) is 19.3. The Morgan fingerprint density at radius 2 is 2.14 bits per heavy atom. The molecule has 0 aliphatic carbocycles. The molecule has 8 heteroatoms. The van der Waals surface area contributed by atoms with Crippen LogP contribution in [0, 0.1) is 5.82 Å². The second-order valence-electron chi connectivity index (χ2n) is 7.17. The fourth-order valence-corrected chi connectivity index (χ4v) is 3.49. The number of ether oxygens (including phenoxy) is 1. The SMILES string of the molecule is Cn1ccnc1-c1nn(CCNC(=O)[C@H]2CCCCO2)cc1-c1ccc(F)cc1. The van der Waals surface area contributed by atoms with Crippen molar-refractivity contribution >= 4 is 5.91 Å². The van der Waals surface area contributed by atoms with E-state index in [1.807, 2.05) is 24.0 Å². The molecular formula is C21H24FN5O2. The summed E-state index contributed by atoms with van der Waals surface area (Å²) in [5.74, 6) is 0.370. The zero-order valence-corrected chi connectivity index (χ0v) is 16.3. The van der Waals surface area contributed by atoms with E-state index >= 15 is 0 Å². The summed E-state index contributed by atoms with van der Waals surface area (Å²) in [4.78, 5) is 16.6. The average molecular weight is 397 g/mol. The number of aryl methyl sites for hydroxylation is 1. The maximum absolute atomic E-state index is 13.4. The number of imidazole rings is 1. The van der Waals surface area contributed by atoms with Crippen molar-refractivity contribution in [2.24, 2.45) is 7.05 Å². The summed E-state index contributed by atoms with van der Waals surface area (Å²) >= 11 is 0. The summed E-state index contributed by atoms with van der Waals surface area (Å²) < 4.78 is 22.5. The van der Waals surface area contributed by atoms with Crippen LogP contribution >= 0.6 is 0 Å². The highest BCUT2D eigenvalue weighted by Gasteiger charge is 2.21. The van der Waals surface area contributed by atoms with Gasteiger partial charge in [0.05, 0.1) is 6.54 Å². The Balaban J connectivity index is 1.51. The number of rotatable bonds is 6. The van der Waals surface area contributed by atoms with Crippen molar-refractivity contribution in [3.05, 3.63) is 48.7 Å². The van der Waals surface area contributed by atoms with Gasteiger partial charge in [-0.05, 0) is 37.0 Å². The summed E-state index contributed by atoms with van der Waals surface area (Å²) in [5.41, 5.74) is 2.43. The predicted octanol–water partition coefficient (Wildman–Crippen LogP) is 2.78. The quantitative estimate of drug-likeness (QED) is 0.694. The predicted molar refractivity (Wildman–Crippen MR) is 106 cm³/mol. The van der Waals surface area contributed by atoms with Crippen LogP contribution in [0.5, 0.6) is 0 Å². The molecule has 0 bridgehead atoms. The van der Waals surface area contributed by atoms with Gasteiger partial charge in [0, 0.05) is 44.4 Å². The molecule has 1 atom stereocenters.